The van der Waals surface area contributed by atoms with Gasteiger partial charge in [0.1, 0.15) is 19.3 Å². The monoisotopic (exact) mass is 369 g/mol. The molecule has 2 aromatic carbocycles. The molecule has 0 unspecified atom stereocenters. The first-order valence-corrected chi connectivity index (χ1v) is 8.66. The van der Waals surface area contributed by atoms with Gasteiger partial charge in [0, 0.05) is 18.5 Å². The first kappa shape index (κ1) is 17.2. The summed E-state index contributed by atoms with van der Waals surface area (Å²) in [6, 6.07) is 9.80. The highest BCUT2D eigenvalue weighted by atomic mass is 16.6. The third kappa shape index (κ3) is 3.05. The number of carboxylic acid groups (broad SMARTS) is 1. The number of ether oxygens (including phenoxy) is 3. The summed E-state index contributed by atoms with van der Waals surface area (Å²) in [4.78, 5) is 26.4. The predicted octanol–water partition coefficient (Wildman–Crippen LogP) is 2.12. The Labute approximate surface area is 156 Å². The molecular weight excluding hydrogens is 350 g/mol. The topological polar surface area (TPSA) is 85.3 Å². The van der Waals surface area contributed by atoms with Gasteiger partial charge in [0.15, 0.2) is 11.5 Å². The van der Waals surface area contributed by atoms with Crippen molar-refractivity contribution in [2.75, 3.05) is 20.3 Å². The van der Waals surface area contributed by atoms with Crippen LogP contribution in [0.1, 0.15) is 21.5 Å². The molecule has 0 fully saturated rings. The number of benzene rings is 2. The van der Waals surface area contributed by atoms with Crippen molar-refractivity contribution >= 4 is 11.9 Å². The van der Waals surface area contributed by atoms with Crippen molar-refractivity contribution in [2.24, 2.45) is 0 Å². The van der Waals surface area contributed by atoms with Gasteiger partial charge in [0.2, 0.25) is 5.75 Å². The van der Waals surface area contributed by atoms with E-state index >= 15 is 0 Å². The number of carboxylic acids is 1. The van der Waals surface area contributed by atoms with Gasteiger partial charge in [-0.2, -0.15) is 0 Å². The van der Waals surface area contributed by atoms with E-state index in [9.17, 15) is 14.7 Å². The van der Waals surface area contributed by atoms with Gasteiger partial charge in [-0.25, -0.2) is 4.79 Å². The number of methoxy groups -OCH3 is 1. The van der Waals surface area contributed by atoms with E-state index < -0.39 is 12.0 Å². The lowest BCUT2D eigenvalue weighted by Crippen LogP contribution is -2.48. The smallest absolute Gasteiger partial charge is 0.326 e. The molecule has 2 aromatic rings. The highest BCUT2D eigenvalue weighted by Gasteiger charge is 2.35. The van der Waals surface area contributed by atoms with E-state index in [1.54, 1.807) is 12.1 Å². The van der Waals surface area contributed by atoms with Crippen molar-refractivity contribution in [1.82, 2.24) is 4.90 Å². The zero-order valence-corrected chi connectivity index (χ0v) is 14.8. The Morgan fingerprint density at radius 3 is 2.63 bits per heavy atom. The van der Waals surface area contributed by atoms with Crippen molar-refractivity contribution < 1.29 is 28.9 Å². The molecule has 0 spiro atoms. The zero-order chi connectivity index (χ0) is 19.0. The maximum absolute atomic E-state index is 13.2. The molecule has 1 amide bonds. The van der Waals surface area contributed by atoms with E-state index in [4.69, 9.17) is 14.2 Å². The molecule has 7 nitrogen and oxygen atoms in total. The van der Waals surface area contributed by atoms with Gasteiger partial charge >= 0.3 is 5.97 Å². The standard InChI is InChI=1S/C20H19NO6/c1-25-16-9-14(10-17-18(16)27-7-6-26-17)19(22)21-11-13-5-3-2-4-12(13)8-15(21)20(23)24/h2-5,9-10,15H,6-8,11H2,1H3,(H,23,24)/t15-/m0/s1. The molecule has 0 aromatic heterocycles. The summed E-state index contributed by atoms with van der Waals surface area (Å²) in [5, 5.41) is 9.66. The van der Waals surface area contributed by atoms with Gasteiger partial charge in [-0.1, -0.05) is 24.3 Å². The van der Waals surface area contributed by atoms with Crippen molar-refractivity contribution in [3.63, 3.8) is 0 Å². The number of hydrogen-bond acceptors (Lipinski definition) is 5. The minimum Gasteiger partial charge on any atom is -0.493 e. The summed E-state index contributed by atoms with van der Waals surface area (Å²) >= 11 is 0. The average Bonchev–Trinajstić information content (AvgIpc) is 2.71. The summed E-state index contributed by atoms with van der Waals surface area (Å²) in [6.07, 6.45) is 0.277. The largest absolute Gasteiger partial charge is 0.493 e. The summed E-state index contributed by atoms with van der Waals surface area (Å²) in [5.41, 5.74) is 2.21. The number of nitrogens with zero attached hydrogens (tertiary/aromatic N) is 1. The molecule has 2 aliphatic rings. The number of rotatable bonds is 3. The van der Waals surface area contributed by atoms with Crippen molar-refractivity contribution in [3.05, 3.63) is 53.1 Å². The number of fused-ring (bicyclic) bond motifs is 2. The van der Waals surface area contributed by atoms with E-state index in [2.05, 4.69) is 0 Å². The molecule has 2 aliphatic heterocycles. The summed E-state index contributed by atoms with van der Waals surface area (Å²) < 4.78 is 16.5. The molecule has 0 aliphatic carbocycles. The molecule has 1 atom stereocenters. The van der Waals surface area contributed by atoms with Crippen LogP contribution in [0, 0.1) is 0 Å². The molecule has 1 N–H and O–H groups in total. The molecule has 0 saturated carbocycles. The first-order valence-electron chi connectivity index (χ1n) is 8.66. The second kappa shape index (κ2) is 6.83. The van der Waals surface area contributed by atoms with E-state index in [0.29, 0.717) is 36.0 Å². The number of amides is 1. The number of hydrogen-bond donors (Lipinski definition) is 1. The Kier molecular flexibility index (Phi) is 4.35. The highest BCUT2D eigenvalue weighted by Crippen LogP contribution is 2.41. The summed E-state index contributed by atoms with van der Waals surface area (Å²) in [7, 11) is 1.49. The lowest BCUT2D eigenvalue weighted by molar-refractivity contribution is -0.142. The number of carbonyl (C=O) groups is 2. The van der Waals surface area contributed by atoms with E-state index in [1.807, 2.05) is 24.3 Å². The van der Waals surface area contributed by atoms with E-state index in [1.165, 1.54) is 12.0 Å². The average molecular weight is 369 g/mol. The quantitative estimate of drug-likeness (QED) is 0.892. The Balaban J connectivity index is 1.72. The lowest BCUT2D eigenvalue weighted by atomic mass is 9.93. The van der Waals surface area contributed by atoms with Gasteiger partial charge in [-0.15, -0.1) is 0 Å². The van der Waals surface area contributed by atoms with Crippen LogP contribution in [0.2, 0.25) is 0 Å². The molecule has 0 radical (unpaired) electrons. The van der Waals surface area contributed by atoms with E-state index in [-0.39, 0.29) is 18.9 Å². The maximum Gasteiger partial charge on any atom is 0.326 e. The molecule has 0 bridgehead atoms. The number of aliphatic carboxylic acids is 1. The van der Waals surface area contributed by atoms with Crippen molar-refractivity contribution in [3.8, 4) is 17.2 Å². The predicted molar refractivity (Wildman–Crippen MR) is 95.4 cm³/mol. The Hall–Kier alpha value is -3.22. The fourth-order valence-electron chi connectivity index (χ4n) is 3.52. The van der Waals surface area contributed by atoms with Gasteiger partial charge in [-0.3, -0.25) is 4.79 Å². The van der Waals surface area contributed by atoms with Crippen LogP contribution < -0.4 is 14.2 Å². The Morgan fingerprint density at radius 1 is 1.15 bits per heavy atom. The molecule has 140 valence electrons. The third-order valence-corrected chi connectivity index (χ3v) is 4.87. The normalized spacial score (nSPS) is 17.8. The van der Waals surface area contributed by atoms with Crippen LogP contribution in [-0.4, -0.2) is 48.2 Å². The number of carbonyl (C=O) groups excluding carboxylic acids is 1. The van der Waals surface area contributed by atoms with Crippen molar-refractivity contribution in [2.45, 2.75) is 19.0 Å². The van der Waals surface area contributed by atoms with E-state index in [0.717, 1.165) is 11.1 Å². The Bertz CT molecular complexity index is 892. The van der Waals surface area contributed by atoms with Gasteiger partial charge in [-0.05, 0) is 23.3 Å². The van der Waals surface area contributed by atoms with Gasteiger partial charge in [0.05, 0.1) is 7.11 Å². The fraction of sp³-hybridized carbons (Fsp3) is 0.300. The van der Waals surface area contributed by atoms with Gasteiger partial charge < -0.3 is 24.2 Å². The minimum absolute atomic E-state index is 0.239. The second-order valence-corrected chi connectivity index (χ2v) is 6.46. The Morgan fingerprint density at radius 2 is 1.89 bits per heavy atom. The van der Waals surface area contributed by atoms with Crippen LogP contribution in [0.5, 0.6) is 17.2 Å². The SMILES string of the molecule is COc1cc(C(=O)N2Cc3ccccc3C[C@H]2C(=O)O)cc2c1OCCO2. The van der Waals surface area contributed by atoms with Crippen LogP contribution >= 0.6 is 0 Å². The van der Waals surface area contributed by atoms with Crippen LogP contribution in [0.4, 0.5) is 0 Å². The first-order chi connectivity index (χ1) is 13.1. The molecule has 2 heterocycles. The van der Waals surface area contributed by atoms with Crippen molar-refractivity contribution in [1.29, 1.82) is 0 Å². The molecule has 7 heteroatoms. The van der Waals surface area contributed by atoms with Gasteiger partial charge in [0.25, 0.3) is 5.91 Å². The fourth-order valence-corrected chi connectivity index (χ4v) is 3.52. The lowest BCUT2D eigenvalue weighted by Gasteiger charge is -2.34. The second-order valence-electron chi connectivity index (χ2n) is 6.46. The van der Waals surface area contributed by atoms with Crippen LogP contribution in [0.25, 0.3) is 0 Å². The summed E-state index contributed by atoms with van der Waals surface area (Å²) in [6.45, 7) is 1.02. The van der Waals surface area contributed by atoms with Crippen LogP contribution in [0.3, 0.4) is 0 Å². The highest BCUT2D eigenvalue weighted by molar-refractivity contribution is 5.98. The third-order valence-electron chi connectivity index (χ3n) is 4.87. The maximum atomic E-state index is 13.2. The minimum atomic E-state index is -1.03. The molecule has 27 heavy (non-hydrogen) atoms. The van der Waals surface area contributed by atoms with Crippen LogP contribution in [0.15, 0.2) is 36.4 Å². The molecule has 0 saturated heterocycles. The zero-order valence-electron chi connectivity index (χ0n) is 14.8. The molecule has 4 rings (SSSR count). The molecular formula is C20H19NO6. The van der Waals surface area contributed by atoms with Crippen LogP contribution in [-0.2, 0) is 17.8 Å². The summed E-state index contributed by atoms with van der Waals surface area (Å²) in [5.74, 6) is -0.137.